The molecule has 0 spiro atoms. The highest BCUT2D eigenvalue weighted by molar-refractivity contribution is 5.60. The van der Waals surface area contributed by atoms with Gasteiger partial charge in [-0.25, -0.2) is 4.98 Å². The number of benzene rings is 1. The van der Waals surface area contributed by atoms with Crippen molar-refractivity contribution in [1.29, 1.82) is 0 Å². The largest absolute Gasteiger partial charge is 0.353 e. The molecule has 1 atom stereocenters. The Labute approximate surface area is 145 Å². The van der Waals surface area contributed by atoms with E-state index in [1.807, 2.05) is 6.92 Å². The molecule has 24 heavy (non-hydrogen) atoms. The third-order valence-electron chi connectivity index (χ3n) is 4.86. The molecule has 0 bridgehead atoms. The number of aromatic nitrogens is 2. The molecule has 2 aromatic rings. The van der Waals surface area contributed by atoms with E-state index in [0.29, 0.717) is 12.0 Å². The van der Waals surface area contributed by atoms with E-state index in [2.05, 4.69) is 60.2 Å². The van der Waals surface area contributed by atoms with Crippen molar-refractivity contribution >= 4 is 17.5 Å². The van der Waals surface area contributed by atoms with E-state index in [-0.39, 0.29) is 0 Å². The van der Waals surface area contributed by atoms with Crippen molar-refractivity contribution in [3.63, 3.8) is 0 Å². The maximum absolute atomic E-state index is 4.82. The van der Waals surface area contributed by atoms with E-state index < -0.39 is 0 Å². The normalized spacial score (nSPS) is 17.8. The molecule has 0 saturated carbocycles. The van der Waals surface area contributed by atoms with Crippen molar-refractivity contribution in [2.45, 2.75) is 59.4 Å². The van der Waals surface area contributed by atoms with Gasteiger partial charge in [-0.05, 0) is 58.1 Å². The van der Waals surface area contributed by atoms with Crippen LogP contribution in [0, 0.1) is 20.8 Å². The quantitative estimate of drug-likeness (QED) is 0.867. The minimum Gasteiger partial charge on any atom is -0.353 e. The lowest BCUT2D eigenvalue weighted by Crippen LogP contribution is -2.39. The standard InChI is InChI=1S/C20H28N4/c1-5-17-8-6-7-11-24(17)19-13-16(4)21-20(23-19)22-18-10-9-14(2)12-15(18)3/h9-10,12-13,17H,5-8,11H2,1-4H3,(H,21,22,23). The van der Waals surface area contributed by atoms with Crippen LogP contribution in [0.1, 0.15) is 49.4 Å². The van der Waals surface area contributed by atoms with Gasteiger partial charge in [-0.15, -0.1) is 0 Å². The van der Waals surface area contributed by atoms with Crippen LogP contribution in [0.3, 0.4) is 0 Å². The molecular formula is C20H28N4. The van der Waals surface area contributed by atoms with Crippen molar-refractivity contribution in [3.8, 4) is 0 Å². The van der Waals surface area contributed by atoms with E-state index in [1.165, 1.54) is 36.8 Å². The van der Waals surface area contributed by atoms with Crippen LogP contribution in [-0.2, 0) is 0 Å². The van der Waals surface area contributed by atoms with Crippen LogP contribution in [0.15, 0.2) is 24.3 Å². The third kappa shape index (κ3) is 3.69. The third-order valence-corrected chi connectivity index (χ3v) is 4.86. The second-order valence-electron chi connectivity index (χ2n) is 6.89. The molecule has 4 heteroatoms. The zero-order valence-electron chi connectivity index (χ0n) is 15.3. The summed E-state index contributed by atoms with van der Waals surface area (Å²) in [7, 11) is 0. The van der Waals surface area contributed by atoms with Crippen molar-refractivity contribution in [1.82, 2.24) is 9.97 Å². The van der Waals surface area contributed by atoms with Crippen molar-refractivity contribution in [2.75, 3.05) is 16.8 Å². The Balaban J connectivity index is 1.88. The lowest BCUT2D eigenvalue weighted by atomic mass is 10.00. The first kappa shape index (κ1) is 16.7. The second-order valence-corrected chi connectivity index (χ2v) is 6.89. The summed E-state index contributed by atoms with van der Waals surface area (Å²) >= 11 is 0. The molecule has 0 aliphatic carbocycles. The highest BCUT2D eigenvalue weighted by atomic mass is 15.2. The van der Waals surface area contributed by atoms with Crippen molar-refractivity contribution in [3.05, 3.63) is 41.1 Å². The van der Waals surface area contributed by atoms with Gasteiger partial charge in [-0.1, -0.05) is 24.6 Å². The summed E-state index contributed by atoms with van der Waals surface area (Å²) in [5.74, 6) is 1.75. The summed E-state index contributed by atoms with van der Waals surface area (Å²) in [6, 6.07) is 9.11. The van der Waals surface area contributed by atoms with Crippen LogP contribution in [0.25, 0.3) is 0 Å². The van der Waals surface area contributed by atoms with Crippen molar-refractivity contribution in [2.24, 2.45) is 0 Å². The molecule has 1 unspecified atom stereocenters. The van der Waals surface area contributed by atoms with Gasteiger partial charge < -0.3 is 10.2 Å². The second kappa shape index (κ2) is 7.20. The summed E-state index contributed by atoms with van der Waals surface area (Å²) in [5.41, 5.74) is 4.56. The van der Waals surface area contributed by atoms with Gasteiger partial charge in [0.25, 0.3) is 0 Å². The Hall–Kier alpha value is -2.10. The Morgan fingerprint density at radius 3 is 2.71 bits per heavy atom. The zero-order chi connectivity index (χ0) is 17.1. The van der Waals surface area contributed by atoms with Gasteiger partial charge in [-0.2, -0.15) is 4.98 Å². The van der Waals surface area contributed by atoms with Crippen LogP contribution in [0.2, 0.25) is 0 Å². The van der Waals surface area contributed by atoms with Crippen LogP contribution in [0.5, 0.6) is 0 Å². The Morgan fingerprint density at radius 1 is 1.12 bits per heavy atom. The average Bonchev–Trinajstić information content (AvgIpc) is 2.57. The minimum absolute atomic E-state index is 0.599. The topological polar surface area (TPSA) is 41.1 Å². The van der Waals surface area contributed by atoms with Gasteiger partial charge in [0.1, 0.15) is 5.82 Å². The van der Waals surface area contributed by atoms with E-state index in [0.717, 1.165) is 23.7 Å². The Morgan fingerprint density at radius 2 is 1.96 bits per heavy atom. The summed E-state index contributed by atoms with van der Waals surface area (Å²) < 4.78 is 0. The molecule has 0 amide bonds. The molecule has 2 heterocycles. The fourth-order valence-electron chi connectivity index (χ4n) is 3.56. The van der Waals surface area contributed by atoms with E-state index >= 15 is 0 Å². The first-order valence-electron chi connectivity index (χ1n) is 9.03. The van der Waals surface area contributed by atoms with Crippen molar-refractivity contribution < 1.29 is 0 Å². The number of anilines is 3. The molecular weight excluding hydrogens is 296 g/mol. The monoisotopic (exact) mass is 324 g/mol. The highest BCUT2D eigenvalue weighted by Gasteiger charge is 2.22. The number of aryl methyl sites for hydroxylation is 3. The molecule has 128 valence electrons. The maximum Gasteiger partial charge on any atom is 0.229 e. The molecule has 3 rings (SSSR count). The number of nitrogens with zero attached hydrogens (tertiary/aromatic N) is 3. The fourth-order valence-corrected chi connectivity index (χ4v) is 3.56. The van der Waals surface area contributed by atoms with Crippen LogP contribution < -0.4 is 10.2 Å². The molecule has 4 nitrogen and oxygen atoms in total. The number of hydrogen-bond donors (Lipinski definition) is 1. The smallest absolute Gasteiger partial charge is 0.229 e. The van der Waals surface area contributed by atoms with Gasteiger partial charge in [0, 0.05) is 30.0 Å². The Bertz CT molecular complexity index is 711. The number of rotatable bonds is 4. The predicted octanol–water partition coefficient (Wildman–Crippen LogP) is 4.91. The van der Waals surface area contributed by atoms with Gasteiger partial charge in [0.05, 0.1) is 0 Å². The fraction of sp³-hybridized carbons (Fsp3) is 0.500. The van der Waals surface area contributed by atoms with E-state index in [9.17, 15) is 0 Å². The molecule has 1 fully saturated rings. The Kier molecular flexibility index (Phi) is 5.03. The number of hydrogen-bond acceptors (Lipinski definition) is 4. The summed E-state index contributed by atoms with van der Waals surface area (Å²) in [6.45, 7) is 9.64. The summed E-state index contributed by atoms with van der Waals surface area (Å²) in [6.07, 6.45) is 5.01. The first-order valence-corrected chi connectivity index (χ1v) is 9.03. The minimum atomic E-state index is 0.599. The lowest BCUT2D eigenvalue weighted by Gasteiger charge is -2.36. The molecule has 0 radical (unpaired) electrons. The zero-order valence-corrected chi connectivity index (χ0v) is 15.3. The highest BCUT2D eigenvalue weighted by Crippen LogP contribution is 2.27. The molecule has 1 aliphatic rings. The van der Waals surface area contributed by atoms with Crippen LogP contribution in [-0.4, -0.2) is 22.6 Å². The molecule has 1 aromatic carbocycles. The van der Waals surface area contributed by atoms with E-state index in [1.54, 1.807) is 0 Å². The van der Waals surface area contributed by atoms with Gasteiger partial charge in [-0.3, -0.25) is 0 Å². The SMILES string of the molecule is CCC1CCCCN1c1cc(C)nc(Nc2ccc(C)cc2C)n1. The molecule has 1 aliphatic heterocycles. The predicted molar refractivity (Wildman–Crippen MR) is 101 cm³/mol. The maximum atomic E-state index is 4.82. The molecule has 1 saturated heterocycles. The summed E-state index contributed by atoms with van der Waals surface area (Å²) in [4.78, 5) is 11.9. The number of nitrogens with one attached hydrogen (secondary N) is 1. The number of piperidine rings is 1. The van der Waals surface area contributed by atoms with Gasteiger partial charge >= 0.3 is 0 Å². The molecule has 1 N–H and O–H groups in total. The summed E-state index contributed by atoms with van der Waals surface area (Å²) in [5, 5.41) is 3.40. The molecule has 1 aromatic heterocycles. The lowest BCUT2D eigenvalue weighted by molar-refractivity contribution is 0.446. The average molecular weight is 324 g/mol. The van der Waals surface area contributed by atoms with Gasteiger partial charge in [0.15, 0.2) is 0 Å². The van der Waals surface area contributed by atoms with Gasteiger partial charge in [0.2, 0.25) is 5.95 Å². The van der Waals surface area contributed by atoms with E-state index in [4.69, 9.17) is 4.98 Å². The first-order chi connectivity index (χ1) is 11.6. The van der Waals surface area contributed by atoms with Crippen LogP contribution in [0.4, 0.5) is 17.5 Å². The van der Waals surface area contributed by atoms with Crippen LogP contribution >= 0.6 is 0 Å².